The van der Waals surface area contributed by atoms with E-state index in [0.717, 1.165) is 36.8 Å². The fourth-order valence-corrected chi connectivity index (χ4v) is 3.28. The molecule has 1 N–H and O–H groups in total. The first-order valence-electron chi connectivity index (χ1n) is 5.96. The van der Waals surface area contributed by atoms with Crippen molar-refractivity contribution in [1.82, 2.24) is 4.98 Å². The molecule has 1 aliphatic rings. The van der Waals surface area contributed by atoms with Gasteiger partial charge in [0.05, 0.1) is 5.60 Å². The van der Waals surface area contributed by atoms with Gasteiger partial charge in [0.1, 0.15) is 5.52 Å². The predicted molar refractivity (Wildman–Crippen MR) is 68.2 cm³/mol. The van der Waals surface area contributed by atoms with Gasteiger partial charge in [-0.15, -0.1) is 0 Å². The number of nitrogens with zero attached hydrogens (tertiary/aromatic N) is 1. The van der Waals surface area contributed by atoms with Crippen LogP contribution in [0.2, 0.25) is 0 Å². The maximum atomic E-state index is 10.2. The van der Waals surface area contributed by atoms with Crippen molar-refractivity contribution in [2.45, 2.75) is 36.5 Å². The summed E-state index contributed by atoms with van der Waals surface area (Å²) in [6, 6.07) is 7.74. The zero-order chi connectivity index (χ0) is 11.7. The van der Waals surface area contributed by atoms with Crippen LogP contribution in [0.15, 0.2) is 33.9 Å². The first-order chi connectivity index (χ1) is 8.25. The Morgan fingerprint density at radius 3 is 2.82 bits per heavy atom. The Bertz CT molecular complexity index is 484. The molecule has 0 saturated heterocycles. The zero-order valence-corrected chi connectivity index (χ0v) is 10.4. The third-order valence-electron chi connectivity index (χ3n) is 3.27. The van der Waals surface area contributed by atoms with E-state index in [2.05, 4.69) is 4.98 Å². The van der Waals surface area contributed by atoms with Crippen molar-refractivity contribution in [2.75, 3.05) is 5.75 Å². The third-order valence-corrected chi connectivity index (χ3v) is 4.38. The second-order valence-electron chi connectivity index (χ2n) is 4.67. The third kappa shape index (κ3) is 2.33. The average Bonchev–Trinajstić information content (AvgIpc) is 2.93. The molecule has 1 fully saturated rings. The van der Waals surface area contributed by atoms with E-state index in [9.17, 15) is 5.11 Å². The van der Waals surface area contributed by atoms with Crippen LogP contribution in [0.4, 0.5) is 0 Å². The van der Waals surface area contributed by atoms with Crippen molar-refractivity contribution in [3.8, 4) is 0 Å². The Kier molecular flexibility index (Phi) is 2.84. The topological polar surface area (TPSA) is 46.3 Å². The van der Waals surface area contributed by atoms with Crippen LogP contribution >= 0.6 is 11.8 Å². The van der Waals surface area contributed by atoms with Crippen LogP contribution in [-0.2, 0) is 0 Å². The molecule has 1 aliphatic carbocycles. The summed E-state index contributed by atoms with van der Waals surface area (Å²) in [5, 5.41) is 10.9. The molecule has 0 bridgehead atoms. The molecule has 2 aromatic rings. The second-order valence-corrected chi connectivity index (χ2v) is 5.59. The van der Waals surface area contributed by atoms with Crippen LogP contribution in [0.1, 0.15) is 25.7 Å². The molecule has 3 nitrogen and oxygen atoms in total. The van der Waals surface area contributed by atoms with Crippen LogP contribution < -0.4 is 0 Å². The van der Waals surface area contributed by atoms with E-state index >= 15 is 0 Å². The standard InChI is InChI=1S/C13H15NO2S/c15-13(7-3-4-8-13)9-17-12-14-10-5-1-2-6-11(10)16-12/h1-2,5-6,15H,3-4,7-9H2. The van der Waals surface area contributed by atoms with Gasteiger partial charge < -0.3 is 9.52 Å². The van der Waals surface area contributed by atoms with Crippen LogP contribution in [-0.4, -0.2) is 21.4 Å². The molecular formula is C13H15NO2S. The fourth-order valence-electron chi connectivity index (χ4n) is 2.29. The highest BCUT2D eigenvalue weighted by Crippen LogP contribution is 2.35. The molecule has 0 aliphatic heterocycles. The summed E-state index contributed by atoms with van der Waals surface area (Å²) in [6.45, 7) is 0. The summed E-state index contributed by atoms with van der Waals surface area (Å²) < 4.78 is 5.61. The minimum Gasteiger partial charge on any atom is -0.431 e. The molecule has 1 aromatic heterocycles. The summed E-state index contributed by atoms with van der Waals surface area (Å²) in [7, 11) is 0. The molecule has 17 heavy (non-hydrogen) atoms. The SMILES string of the molecule is OC1(CSc2nc3ccccc3o2)CCCC1. The molecule has 0 unspecified atom stereocenters. The number of hydrogen-bond acceptors (Lipinski definition) is 4. The number of oxazole rings is 1. The summed E-state index contributed by atoms with van der Waals surface area (Å²) in [6.07, 6.45) is 4.07. The average molecular weight is 249 g/mol. The monoisotopic (exact) mass is 249 g/mol. The van der Waals surface area contributed by atoms with E-state index in [0.29, 0.717) is 11.0 Å². The van der Waals surface area contributed by atoms with E-state index < -0.39 is 5.60 Å². The molecule has 3 rings (SSSR count). The molecule has 0 atom stereocenters. The largest absolute Gasteiger partial charge is 0.431 e. The lowest BCUT2D eigenvalue weighted by Gasteiger charge is -2.19. The number of aromatic nitrogens is 1. The lowest BCUT2D eigenvalue weighted by molar-refractivity contribution is 0.0730. The maximum Gasteiger partial charge on any atom is 0.256 e. The van der Waals surface area contributed by atoms with Crippen LogP contribution in [0.25, 0.3) is 11.1 Å². The first kappa shape index (κ1) is 11.1. The van der Waals surface area contributed by atoms with Crippen molar-refractivity contribution in [3.63, 3.8) is 0 Å². The number of hydrogen-bond donors (Lipinski definition) is 1. The van der Waals surface area contributed by atoms with Gasteiger partial charge in [0, 0.05) is 5.75 Å². The Hall–Kier alpha value is -1.00. The maximum absolute atomic E-state index is 10.2. The van der Waals surface area contributed by atoms with Crippen molar-refractivity contribution in [3.05, 3.63) is 24.3 Å². The number of para-hydroxylation sites is 2. The van der Waals surface area contributed by atoms with E-state index in [4.69, 9.17) is 4.42 Å². The number of benzene rings is 1. The molecule has 1 aromatic carbocycles. The highest BCUT2D eigenvalue weighted by Gasteiger charge is 2.31. The fraction of sp³-hybridized carbons (Fsp3) is 0.462. The molecule has 90 valence electrons. The Morgan fingerprint density at radius 1 is 1.29 bits per heavy atom. The van der Waals surface area contributed by atoms with Gasteiger partial charge in [-0.3, -0.25) is 0 Å². The zero-order valence-electron chi connectivity index (χ0n) is 9.56. The highest BCUT2D eigenvalue weighted by molar-refractivity contribution is 7.99. The lowest BCUT2D eigenvalue weighted by atomic mass is 10.1. The summed E-state index contributed by atoms with van der Waals surface area (Å²) in [5.74, 6) is 0.680. The number of fused-ring (bicyclic) bond motifs is 1. The summed E-state index contributed by atoms with van der Waals surface area (Å²) in [4.78, 5) is 4.39. The molecule has 0 spiro atoms. The van der Waals surface area contributed by atoms with Crippen molar-refractivity contribution < 1.29 is 9.52 Å². The van der Waals surface area contributed by atoms with Crippen LogP contribution in [0.3, 0.4) is 0 Å². The smallest absolute Gasteiger partial charge is 0.256 e. The van der Waals surface area contributed by atoms with Crippen molar-refractivity contribution in [2.24, 2.45) is 0 Å². The Balaban J connectivity index is 1.72. The number of aliphatic hydroxyl groups is 1. The van der Waals surface area contributed by atoms with Gasteiger partial charge in [-0.05, 0) is 25.0 Å². The normalized spacial score (nSPS) is 18.9. The molecule has 1 heterocycles. The van der Waals surface area contributed by atoms with Gasteiger partial charge in [-0.2, -0.15) is 0 Å². The first-order valence-corrected chi connectivity index (χ1v) is 6.95. The van der Waals surface area contributed by atoms with Crippen LogP contribution in [0, 0.1) is 0 Å². The van der Waals surface area contributed by atoms with Gasteiger partial charge >= 0.3 is 0 Å². The van der Waals surface area contributed by atoms with E-state index in [1.807, 2.05) is 24.3 Å². The van der Waals surface area contributed by atoms with Crippen LogP contribution in [0.5, 0.6) is 0 Å². The van der Waals surface area contributed by atoms with Crippen molar-refractivity contribution in [1.29, 1.82) is 0 Å². The minimum absolute atomic E-state index is 0.509. The lowest BCUT2D eigenvalue weighted by Crippen LogP contribution is -2.27. The van der Waals surface area contributed by atoms with E-state index in [1.165, 1.54) is 11.8 Å². The Morgan fingerprint density at radius 2 is 2.06 bits per heavy atom. The molecule has 0 amide bonds. The highest BCUT2D eigenvalue weighted by atomic mass is 32.2. The van der Waals surface area contributed by atoms with Crippen molar-refractivity contribution >= 4 is 22.9 Å². The molecule has 4 heteroatoms. The second kappa shape index (κ2) is 4.35. The van der Waals surface area contributed by atoms with Gasteiger partial charge in [0.2, 0.25) is 0 Å². The molecular weight excluding hydrogens is 234 g/mol. The van der Waals surface area contributed by atoms with Gasteiger partial charge in [-0.1, -0.05) is 36.7 Å². The quantitative estimate of drug-likeness (QED) is 0.848. The number of rotatable bonds is 3. The van der Waals surface area contributed by atoms with Gasteiger partial charge in [0.15, 0.2) is 5.58 Å². The minimum atomic E-state index is -0.509. The Labute approximate surface area is 104 Å². The van der Waals surface area contributed by atoms with E-state index in [1.54, 1.807) is 0 Å². The number of thioether (sulfide) groups is 1. The van der Waals surface area contributed by atoms with E-state index in [-0.39, 0.29) is 0 Å². The van der Waals surface area contributed by atoms with Gasteiger partial charge in [-0.25, -0.2) is 4.98 Å². The molecule has 1 saturated carbocycles. The van der Waals surface area contributed by atoms with Gasteiger partial charge in [0.25, 0.3) is 5.22 Å². The molecule has 0 radical (unpaired) electrons. The predicted octanol–water partition coefficient (Wildman–Crippen LogP) is 3.23. The summed E-state index contributed by atoms with van der Waals surface area (Å²) in [5.41, 5.74) is 1.19. The summed E-state index contributed by atoms with van der Waals surface area (Å²) >= 11 is 1.51.